The summed E-state index contributed by atoms with van der Waals surface area (Å²) in [5.41, 5.74) is 5.24. The predicted molar refractivity (Wildman–Crippen MR) is 148 cm³/mol. The summed E-state index contributed by atoms with van der Waals surface area (Å²) in [6, 6.07) is 23.9. The van der Waals surface area contributed by atoms with Crippen molar-refractivity contribution in [2.75, 3.05) is 6.61 Å². The molecule has 1 aliphatic carbocycles. The van der Waals surface area contributed by atoms with Crippen LogP contribution in [0.15, 0.2) is 77.8 Å². The Kier molecular flexibility index (Phi) is 7.66. The highest BCUT2D eigenvalue weighted by atomic mass is 16.5. The summed E-state index contributed by atoms with van der Waals surface area (Å²) in [5.74, 6) is -0.387. The Morgan fingerprint density at radius 1 is 1.00 bits per heavy atom. The van der Waals surface area contributed by atoms with Crippen molar-refractivity contribution in [3.8, 4) is 5.88 Å². The maximum absolute atomic E-state index is 12.2. The molecule has 4 aromatic rings. The van der Waals surface area contributed by atoms with Gasteiger partial charge >= 0.3 is 5.97 Å². The van der Waals surface area contributed by atoms with Crippen LogP contribution in [0, 0.1) is 0 Å². The van der Waals surface area contributed by atoms with Gasteiger partial charge in [0.05, 0.1) is 29.1 Å². The van der Waals surface area contributed by atoms with Crippen LogP contribution < -0.4 is 5.32 Å². The highest BCUT2D eigenvalue weighted by Gasteiger charge is 2.20. The van der Waals surface area contributed by atoms with Crippen molar-refractivity contribution in [2.45, 2.75) is 51.6 Å². The van der Waals surface area contributed by atoms with E-state index in [1.165, 1.54) is 37.7 Å². The number of nitrogens with zero attached hydrogens (tertiary/aromatic N) is 1. The number of carbonyl (C=O) groups is 1. The fourth-order valence-corrected chi connectivity index (χ4v) is 5.01. The molecule has 37 heavy (non-hydrogen) atoms. The van der Waals surface area contributed by atoms with Crippen molar-refractivity contribution in [2.24, 2.45) is 4.99 Å². The highest BCUT2D eigenvalue weighted by molar-refractivity contribution is 6.22. The molecule has 0 radical (unpaired) electrons. The fraction of sp³-hybridized carbons (Fsp3) is 0.290. The second kappa shape index (κ2) is 11.4. The van der Waals surface area contributed by atoms with Gasteiger partial charge < -0.3 is 20.1 Å². The second-order valence-electron chi connectivity index (χ2n) is 9.54. The van der Waals surface area contributed by atoms with Crippen molar-refractivity contribution >= 4 is 28.3 Å². The molecule has 0 unspecified atom stereocenters. The van der Waals surface area contributed by atoms with Gasteiger partial charge in [-0.2, -0.15) is 0 Å². The third-order valence-electron chi connectivity index (χ3n) is 6.95. The number of aromatic amines is 1. The van der Waals surface area contributed by atoms with E-state index < -0.39 is 5.97 Å². The van der Waals surface area contributed by atoms with E-state index in [2.05, 4.69) is 22.4 Å². The van der Waals surface area contributed by atoms with E-state index in [4.69, 9.17) is 9.73 Å². The molecule has 3 aromatic carbocycles. The smallest absolute Gasteiger partial charge is 0.338 e. The molecule has 6 heteroatoms. The summed E-state index contributed by atoms with van der Waals surface area (Å²) < 4.78 is 5.13. The van der Waals surface area contributed by atoms with Gasteiger partial charge in [-0.3, -0.25) is 0 Å². The Hall–Kier alpha value is -3.90. The van der Waals surface area contributed by atoms with Crippen LogP contribution in [0.2, 0.25) is 0 Å². The number of ether oxygens (including phenoxy) is 1. The Morgan fingerprint density at radius 2 is 1.76 bits per heavy atom. The van der Waals surface area contributed by atoms with Gasteiger partial charge in [0.2, 0.25) is 0 Å². The van der Waals surface area contributed by atoms with E-state index in [9.17, 15) is 9.90 Å². The number of hydrogen-bond acceptors (Lipinski definition) is 5. The minimum atomic E-state index is -0.393. The molecule has 0 amide bonds. The first kappa shape index (κ1) is 24.8. The lowest BCUT2D eigenvalue weighted by Gasteiger charge is -2.22. The molecule has 0 saturated heterocycles. The molecule has 0 atom stereocenters. The monoisotopic (exact) mass is 495 g/mol. The van der Waals surface area contributed by atoms with Crippen molar-refractivity contribution in [3.63, 3.8) is 0 Å². The van der Waals surface area contributed by atoms with Crippen LogP contribution in [0.4, 0.5) is 5.69 Å². The number of aromatic nitrogens is 1. The van der Waals surface area contributed by atoms with Gasteiger partial charge in [-0.1, -0.05) is 67.8 Å². The number of nitrogens with one attached hydrogen (secondary N) is 2. The van der Waals surface area contributed by atoms with E-state index in [0.717, 1.165) is 23.2 Å². The summed E-state index contributed by atoms with van der Waals surface area (Å²) in [6.07, 6.45) is 6.51. The maximum Gasteiger partial charge on any atom is 0.338 e. The number of H-pyrrole nitrogens is 1. The minimum absolute atomic E-state index is 0.00640. The van der Waals surface area contributed by atoms with Gasteiger partial charge in [0.1, 0.15) is 0 Å². The molecule has 1 fully saturated rings. The summed E-state index contributed by atoms with van der Waals surface area (Å²) in [4.78, 5) is 20.2. The number of rotatable bonds is 8. The average molecular weight is 496 g/mol. The fourth-order valence-electron chi connectivity index (χ4n) is 5.01. The molecule has 0 aliphatic heterocycles. The number of benzene rings is 3. The van der Waals surface area contributed by atoms with Crippen LogP contribution in [-0.4, -0.2) is 34.4 Å². The molecule has 1 aliphatic rings. The number of fused-ring (bicyclic) bond motifs is 1. The second-order valence-corrected chi connectivity index (χ2v) is 9.54. The molecule has 0 spiro atoms. The van der Waals surface area contributed by atoms with Gasteiger partial charge in [0.25, 0.3) is 0 Å². The lowest BCUT2D eigenvalue weighted by atomic mass is 9.95. The third-order valence-corrected chi connectivity index (χ3v) is 6.95. The van der Waals surface area contributed by atoms with Crippen molar-refractivity contribution in [3.05, 3.63) is 95.1 Å². The minimum Gasteiger partial charge on any atom is -0.494 e. The number of aromatic hydroxyl groups is 1. The zero-order valence-electron chi connectivity index (χ0n) is 21.2. The van der Waals surface area contributed by atoms with E-state index in [0.29, 0.717) is 35.0 Å². The zero-order valence-corrected chi connectivity index (χ0v) is 21.2. The van der Waals surface area contributed by atoms with Crippen LogP contribution in [-0.2, 0) is 11.3 Å². The van der Waals surface area contributed by atoms with Crippen molar-refractivity contribution < 1.29 is 14.6 Å². The molecule has 1 heterocycles. The molecular formula is C31H33N3O3. The topological polar surface area (TPSA) is 86.7 Å². The third kappa shape index (κ3) is 5.75. The van der Waals surface area contributed by atoms with Crippen LogP contribution >= 0.6 is 0 Å². The molecule has 1 aromatic heterocycles. The zero-order chi connectivity index (χ0) is 25.6. The number of aliphatic imine (C=N–C) groups is 1. The maximum atomic E-state index is 12.2. The Morgan fingerprint density at radius 3 is 2.49 bits per heavy atom. The van der Waals surface area contributed by atoms with Gasteiger partial charge in [0.15, 0.2) is 5.88 Å². The van der Waals surface area contributed by atoms with Crippen LogP contribution in [0.1, 0.15) is 66.1 Å². The van der Waals surface area contributed by atoms with Crippen LogP contribution in [0.3, 0.4) is 0 Å². The molecule has 0 bridgehead atoms. The highest BCUT2D eigenvalue weighted by Crippen LogP contribution is 2.32. The lowest BCUT2D eigenvalue weighted by Crippen LogP contribution is -2.30. The standard InChI is InChI=1S/C31H33N3O3/c1-2-37-31(36)23-15-18-26-27(19-23)34-30(35)28(26)29(22-9-5-3-6-10-22)33-25-16-13-21(14-17-25)20-32-24-11-7-4-8-12-24/h3,5-6,9-10,13-19,24,32,34-35H,2,4,7-8,11-12,20H2,1H3. The first-order valence-electron chi connectivity index (χ1n) is 13.1. The Labute approximate surface area is 217 Å². The molecular weight excluding hydrogens is 462 g/mol. The molecule has 3 N–H and O–H groups in total. The molecule has 6 nitrogen and oxygen atoms in total. The molecule has 190 valence electrons. The van der Waals surface area contributed by atoms with Gasteiger partial charge in [-0.05, 0) is 49.6 Å². The number of carbonyl (C=O) groups excluding carboxylic acids is 1. The average Bonchev–Trinajstić information content (AvgIpc) is 3.27. The number of hydrogen-bond donors (Lipinski definition) is 3. The van der Waals surface area contributed by atoms with Crippen LogP contribution in [0.25, 0.3) is 10.9 Å². The molecule has 5 rings (SSSR count). The molecule has 1 saturated carbocycles. The van der Waals surface area contributed by atoms with Gasteiger partial charge in [-0.15, -0.1) is 0 Å². The van der Waals surface area contributed by atoms with Crippen LogP contribution in [0.5, 0.6) is 5.88 Å². The summed E-state index contributed by atoms with van der Waals surface area (Å²) in [5, 5.41) is 15.4. The van der Waals surface area contributed by atoms with Gasteiger partial charge in [0, 0.05) is 29.1 Å². The first-order chi connectivity index (χ1) is 18.1. The first-order valence-corrected chi connectivity index (χ1v) is 13.1. The number of esters is 1. The lowest BCUT2D eigenvalue weighted by molar-refractivity contribution is 0.0526. The largest absolute Gasteiger partial charge is 0.494 e. The quantitative estimate of drug-likeness (QED) is 0.189. The summed E-state index contributed by atoms with van der Waals surface area (Å²) >= 11 is 0. The SMILES string of the molecule is CCOC(=O)c1ccc2c(C(=Nc3ccc(CNC4CCCCC4)cc3)c3ccccc3)c(O)[nH]c2c1. The van der Waals surface area contributed by atoms with Crippen molar-refractivity contribution in [1.82, 2.24) is 10.3 Å². The van der Waals surface area contributed by atoms with E-state index in [1.807, 2.05) is 48.5 Å². The Balaban J connectivity index is 1.47. The summed E-state index contributed by atoms with van der Waals surface area (Å²) in [7, 11) is 0. The van der Waals surface area contributed by atoms with Gasteiger partial charge in [-0.25, -0.2) is 9.79 Å². The predicted octanol–water partition coefficient (Wildman–Crippen LogP) is 6.64. The normalized spacial score (nSPS) is 14.7. The summed E-state index contributed by atoms with van der Waals surface area (Å²) in [6.45, 7) is 2.93. The Bertz CT molecular complexity index is 1380. The van der Waals surface area contributed by atoms with E-state index in [1.54, 1.807) is 19.1 Å². The van der Waals surface area contributed by atoms with E-state index in [-0.39, 0.29) is 5.88 Å². The van der Waals surface area contributed by atoms with E-state index >= 15 is 0 Å². The van der Waals surface area contributed by atoms with Crippen molar-refractivity contribution in [1.29, 1.82) is 0 Å².